The molecule has 0 aromatic heterocycles. The number of aliphatic hydroxyl groups is 8. The standard InChI is InChI=1S/C75H98N2O13S2/c1-41(2)42(3)60-62(90-60)73(87)20-8-12-47-29-53-54-33-58(81)70(35-59(82)68(86,40-79)37-65(53,70)4)64(85)92-91-36-49-13-7-18-66(39-78)21-15-48-30-55(67-22-16-46-11-5-6-19-72(46,76-67)52-32-56-44(10-9-25-89-56)28-45(52)34-67)61(83)71(48)38-77(63(84)75(49,66)71)50-26-43(27-51(80)31-50)14-23-69(47)57(73)17-24-74(54,69)88/h8-10,12,15-16,21-22,26-28,31,33,41-42,45-49,52-53,55-57,59-62,64,76,78-80,82-83,85-88H,5-7,11,13-14,17-20,23-25,29-30,32,34-40H2,1-4H3/t42-,45+,46-,47-,48-,49-,52+,53+,55-,56-,57+,59-,60+,61+,62-,64-,65-,66-,67-,68-,69-,70+,71+,72+,73-,74-,75-/m1/s1. The fraction of sp³-hybridized carbons (Fsp3) is 0.733. The number of epoxide rings is 1. The normalized spacial score (nSPS) is 53.5. The lowest BCUT2D eigenvalue weighted by molar-refractivity contribution is -0.235. The molecule has 10 N–H and O–H groups in total. The van der Waals surface area contributed by atoms with Crippen LogP contribution >= 0.6 is 21.6 Å². The Morgan fingerprint density at radius 1 is 0.837 bits per heavy atom. The van der Waals surface area contributed by atoms with E-state index in [0.29, 0.717) is 86.8 Å². The van der Waals surface area contributed by atoms with E-state index in [4.69, 9.17) is 9.47 Å². The summed E-state index contributed by atoms with van der Waals surface area (Å²) in [6, 6.07) is 5.43. The molecule has 15 nitrogen and oxygen atoms in total. The molecule has 498 valence electrons. The van der Waals surface area contributed by atoms with Crippen LogP contribution in [0.15, 0.2) is 90.1 Å². The third kappa shape index (κ3) is 7.57. The SMILES string of the molecule is CC(C)[C@@H](C)[C@@H]1O[C@H]1[C@@]1(O)CC=C[C@@H]2C[C@H]3C4=CC(=O)[C@@]5(C[C@@H](O)[C@](O)(CO)C[C@]35C)[C@H](O)SSC[C@H]3CCC[C@]5(CO)C=C[C@@H]6C[C@@H]([C@]78C=C[C@H]9CCCC[C@@]9(N7)[C@H]7C[C@H]9OCC=CC9=C[C@H]7C8)[C@H](O)[C@]67CN(C(=O)[C@]357)c3cc(O)cc(c3)CC[C@]23[C@@H]1CC[C@@]43O. The van der Waals surface area contributed by atoms with Gasteiger partial charge in [0, 0.05) is 63.2 Å². The molecule has 9 fully saturated rings. The summed E-state index contributed by atoms with van der Waals surface area (Å²) >= 11 is 0. The van der Waals surface area contributed by atoms with Crippen LogP contribution in [0.1, 0.15) is 142 Å². The second kappa shape index (κ2) is 20.7. The molecule has 8 aliphatic heterocycles. The molecular weight excluding hydrogens is 1200 g/mol. The van der Waals surface area contributed by atoms with Gasteiger partial charge in [0.2, 0.25) is 5.91 Å². The van der Waals surface area contributed by atoms with Gasteiger partial charge in [0.1, 0.15) is 28.5 Å². The fourth-order valence-corrected chi connectivity index (χ4v) is 29.3. The summed E-state index contributed by atoms with van der Waals surface area (Å²) < 4.78 is 13.1. The number of aryl methyl sites for hydroxylation is 1. The maximum atomic E-state index is 17.3. The van der Waals surface area contributed by atoms with Gasteiger partial charge in [-0.25, -0.2) is 0 Å². The van der Waals surface area contributed by atoms with Gasteiger partial charge in [-0.2, -0.15) is 0 Å². The van der Waals surface area contributed by atoms with Crippen molar-refractivity contribution in [1.82, 2.24) is 5.32 Å². The Hall–Kier alpha value is -3.14. The van der Waals surface area contributed by atoms with Crippen molar-refractivity contribution in [1.29, 1.82) is 0 Å². The van der Waals surface area contributed by atoms with Crippen molar-refractivity contribution in [3.8, 4) is 5.75 Å². The second-order valence-corrected chi connectivity index (χ2v) is 36.1. The first-order valence-corrected chi connectivity index (χ1v) is 38.0. The Labute approximate surface area is 549 Å². The van der Waals surface area contributed by atoms with E-state index in [9.17, 15) is 46.0 Å². The molecule has 10 aliphatic carbocycles. The van der Waals surface area contributed by atoms with Crippen molar-refractivity contribution in [3.63, 3.8) is 0 Å². The Balaban J connectivity index is 0.836. The van der Waals surface area contributed by atoms with E-state index < -0.39 is 115 Å². The van der Waals surface area contributed by atoms with Gasteiger partial charge in [-0.05, 0) is 190 Å². The monoisotopic (exact) mass is 1300 g/mol. The van der Waals surface area contributed by atoms with E-state index in [1.54, 1.807) is 18.2 Å². The number of hydrogen-bond acceptors (Lipinski definition) is 16. The first kappa shape index (κ1) is 62.4. The first-order valence-electron chi connectivity index (χ1n) is 35.6. The summed E-state index contributed by atoms with van der Waals surface area (Å²) in [6.07, 6.45) is 28.4. The molecule has 1 aromatic rings. The average Bonchev–Trinajstić information content (AvgIpc) is 1.44. The zero-order valence-corrected chi connectivity index (χ0v) is 55.6. The zero-order valence-electron chi connectivity index (χ0n) is 54.0. The number of phenolic OH excluding ortho intramolecular Hbond substituents is 1. The van der Waals surface area contributed by atoms with E-state index in [2.05, 4.69) is 80.8 Å². The number of anilines is 1. The minimum atomic E-state index is -2.05. The largest absolute Gasteiger partial charge is 0.508 e. The molecule has 3 saturated heterocycles. The number of phenols is 1. The Morgan fingerprint density at radius 3 is 2.46 bits per heavy atom. The van der Waals surface area contributed by atoms with Crippen molar-refractivity contribution in [3.05, 3.63) is 95.7 Å². The number of fused-ring (bicyclic) bond motifs is 4. The lowest BCUT2D eigenvalue weighted by Gasteiger charge is -2.68. The molecule has 17 heteroatoms. The number of benzene rings is 1. The number of ketones is 1. The molecule has 6 saturated carbocycles. The number of hydrogen-bond donors (Lipinski definition) is 10. The van der Waals surface area contributed by atoms with Crippen molar-refractivity contribution in [2.24, 2.45) is 97.6 Å². The molecule has 19 rings (SSSR count). The van der Waals surface area contributed by atoms with Crippen LogP contribution in [0.3, 0.4) is 0 Å². The highest BCUT2D eigenvalue weighted by molar-refractivity contribution is 8.76. The summed E-state index contributed by atoms with van der Waals surface area (Å²) in [5, 5.41) is 121. The Kier molecular flexibility index (Phi) is 14.1. The van der Waals surface area contributed by atoms with Gasteiger partial charge in [0.05, 0.1) is 60.7 Å². The lowest BCUT2D eigenvalue weighted by atomic mass is 9.38. The highest BCUT2D eigenvalue weighted by Gasteiger charge is 2.84. The quantitative estimate of drug-likeness (QED) is 0.0730. The van der Waals surface area contributed by atoms with Crippen molar-refractivity contribution in [2.45, 2.75) is 207 Å². The summed E-state index contributed by atoms with van der Waals surface area (Å²) in [4.78, 5) is 35.4. The molecule has 0 radical (unpaired) electrons. The minimum Gasteiger partial charge on any atom is -0.508 e. The molecule has 10 bridgehead atoms. The summed E-state index contributed by atoms with van der Waals surface area (Å²) in [6.45, 7) is 8.01. The predicted molar refractivity (Wildman–Crippen MR) is 350 cm³/mol. The van der Waals surface area contributed by atoms with Crippen LogP contribution in [0, 0.1) is 97.6 Å². The number of ether oxygens (including phenoxy) is 2. The third-order valence-electron chi connectivity index (χ3n) is 30.5. The highest BCUT2D eigenvalue weighted by Crippen LogP contribution is 2.80. The van der Waals surface area contributed by atoms with Gasteiger partial charge >= 0.3 is 0 Å². The molecule has 0 unspecified atom stereocenters. The molecule has 92 heavy (non-hydrogen) atoms. The number of piperidine rings is 1. The highest BCUT2D eigenvalue weighted by atomic mass is 33.1. The number of carbonyl (C=O) groups is 2. The molecule has 18 aliphatic rings. The first-order chi connectivity index (χ1) is 43.9. The fourth-order valence-electron chi connectivity index (χ4n) is 26.2. The van der Waals surface area contributed by atoms with Gasteiger partial charge < -0.3 is 65.6 Å². The van der Waals surface area contributed by atoms with Crippen LogP contribution in [-0.2, 0) is 25.5 Å². The van der Waals surface area contributed by atoms with Crippen LogP contribution in [0.5, 0.6) is 5.75 Å². The molecule has 5 spiro atoms. The van der Waals surface area contributed by atoms with E-state index in [-0.39, 0.29) is 97.8 Å². The number of rotatable bonds is 6. The summed E-state index contributed by atoms with van der Waals surface area (Å²) in [5.41, 5.74) is -12.5. The number of nitrogens with one attached hydrogen (secondary N) is 1. The van der Waals surface area contributed by atoms with Crippen LogP contribution < -0.4 is 10.2 Å². The van der Waals surface area contributed by atoms with Gasteiger partial charge in [0.15, 0.2) is 5.78 Å². The molecule has 8 heterocycles. The van der Waals surface area contributed by atoms with Crippen molar-refractivity contribution >= 4 is 39.0 Å². The summed E-state index contributed by atoms with van der Waals surface area (Å²) in [5.74, 6) is -1.82. The number of allylic oxidation sites excluding steroid dienone is 4. The van der Waals surface area contributed by atoms with Crippen LogP contribution in [-0.4, -0.2) is 154 Å². The van der Waals surface area contributed by atoms with E-state index in [1.165, 1.54) is 16.4 Å². The van der Waals surface area contributed by atoms with Crippen LogP contribution in [0.2, 0.25) is 0 Å². The van der Waals surface area contributed by atoms with E-state index in [1.807, 2.05) is 17.9 Å². The Morgan fingerprint density at radius 2 is 1.65 bits per heavy atom. The average molecular weight is 1300 g/mol. The van der Waals surface area contributed by atoms with Gasteiger partial charge in [-0.15, -0.1) is 0 Å². The maximum Gasteiger partial charge on any atom is 0.235 e. The van der Waals surface area contributed by atoms with Crippen molar-refractivity contribution < 1.29 is 65.0 Å². The second-order valence-electron chi connectivity index (χ2n) is 33.7. The molecular formula is C75H98N2O13S2. The minimum absolute atomic E-state index is 0.0361. The molecule has 1 aromatic carbocycles. The lowest BCUT2D eigenvalue weighted by Crippen LogP contribution is -2.75. The van der Waals surface area contributed by atoms with Crippen molar-refractivity contribution in [2.75, 3.05) is 37.0 Å². The van der Waals surface area contributed by atoms with Crippen LogP contribution in [0.4, 0.5) is 5.69 Å². The van der Waals surface area contributed by atoms with E-state index >= 15 is 9.59 Å². The predicted octanol–water partition coefficient (Wildman–Crippen LogP) is 8.35. The number of carbonyl (C=O) groups excluding carboxylic acids is 2. The van der Waals surface area contributed by atoms with Crippen LogP contribution in [0.25, 0.3) is 0 Å². The topological polar surface area (TPSA) is 253 Å². The smallest absolute Gasteiger partial charge is 0.235 e. The Bertz CT molecular complexity index is 3460. The van der Waals surface area contributed by atoms with Gasteiger partial charge in [-0.3, -0.25) is 9.59 Å². The number of nitrogens with zero attached hydrogens (tertiary/aromatic N) is 1. The third-order valence-corrected chi connectivity index (χ3v) is 33.2. The molecule has 1 amide bonds. The zero-order chi connectivity index (χ0) is 63.9. The van der Waals surface area contributed by atoms with Gasteiger partial charge in [-0.1, -0.05) is 123 Å². The van der Waals surface area contributed by atoms with E-state index in [0.717, 1.165) is 54.9 Å². The maximum absolute atomic E-state index is 17.3. The molecule has 27 atom stereocenters. The number of aliphatic hydroxyl groups excluding tert-OH is 5. The number of aromatic hydroxyl groups is 1. The van der Waals surface area contributed by atoms with Gasteiger partial charge in [0.25, 0.3) is 0 Å². The number of amides is 1. The summed E-state index contributed by atoms with van der Waals surface area (Å²) in [7, 11) is 2.52.